The molecule has 0 unspecified atom stereocenters. The molecule has 0 aliphatic heterocycles. The van der Waals surface area contributed by atoms with E-state index in [9.17, 15) is 5.21 Å². The normalized spacial score (nSPS) is 11.7. The van der Waals surface area contributed by atoms with Crippen LogP contribution in [0.5, 0.6) is 0 Å². The minimum absolute atomic E-state index is 0.208. The molecule has 0 spiro atoms. The van der Waals surface area contributed by atoms with E-state index in [2.05, 4.69) is 11.1 Å². The summed E-state index contributed by atoms with van der Waals surface area (Å²) in [5.74, 6) is 0. The van der Waals surface area contributed by atoms with Crippen LogP contribution in [0.2, 0.25) is 0 Å². The van der Waals surface area contributed by atoms with Gasteiger partial charge < -0.3 is 15.4 Å². The first-order valence-electron chi connectivity index (χ1n) is 5.58. The lowest BCUT2D eigenvalue weighted by molar-refractivity contribution is 0.0129. The van der Waals surface area contributed by atoms with E-state index in [-0.39, 0.29) is 5.23 Å². The van der Waals surface area contributed by atoms with Gasteiger partial charge in [0.25, 0.3) is 0 Å². The molecule has 0 amide bonds. The SMILES string of the molecule is [O-]N(O)/C=C/c1c[nH]c2c1ccc1ccccc12. The Balaban J connectivity index is 2.23. The van der Waals surface area contributed by atoms with Gasteiger partial charge in [-0.15, -0.1) is 0 Å². The van der Waals surface area contributed by atoms with Crippen molar-refractivity contribution in [3.63, 3.8) is 0 Å². The lowest BCUT2D eigenvalue weighted by Crippen LogP contribution is -1.97. The monoisotopic (exact) mass is 239 g/mol. The second-order valence-electron chi connectivity index (χ2n) is 4.07. The zero-order valence-electron chi connectivity index (χ0n) is 9.50. The molecule has 3 rings (SSSR count). The van der Waals surface area contributed by atoms with Crippen LogP contribution in [0.1, 0.15) is 5.56 Å². The van der Waals surface area contributed by atoms with Gasteiger partial charge in [0.15, 0.2) is 0 Å². The lowest BCUT2D eigenvalue weighted by atomic mass is 10.1. The van der Waals surface area contributed by atoms with Crippen molar-refractivity contribution < 1.29 is 5.21 Å². The van der Waals surface area contributed by atoms with Gasteiger partial charge in [0.2, 0.25) is 0 Å². The Morgan fingerprint density at radius 3 is 2.78 bits per heavy atom. The van der Waals surface area contributed by atoms with Crippen molar-refractivity contribution in [2.45, 2.75) is 0 Å². The summed E-state index contributed by atoms with van der Waals surface area (Å²) in [4.78, 5) is 3.20. The van der Waals surface area contributed by atoms with Crippen LogP contribution in [0.25, 0.3) is 27.8 Å². The first-order valence-corrected chi connectivity index (χ1v) is 5.58. The first kappa shape index (κ1) is 10.8. The van der Waals surface area contributed by atoms with E-state index in [0.717, 1.165) is 33.4 Å². The van der Waals surface area contributed by atoms with Gasteiger partial charge in [0.05, 0.1) is 5.52 Å². The van der Waals surface area contributed by atoms with Crippen molar-refractivity contribution in [3.05, 3.63) is 59.6 Å². The van der Waals surface area contributed by atoms with Gasteiger partial charge in [-0.2, -0.15) is 0 Å². The molecule has 0 bridgehead atoms. The number of rotatable bonds is 2. The Labute approximate surface area is 103 Å². The summed E-state index contributed by atoms with van der Waals surface area (Å²) >= 11 is 0. The van der Waals surface area contributed by atoms with Crippen LogP contribution in [0.15, 0.2) is 48.8 Å². The van der Waals surface area contributed by atoms with Crippen LogP contribution in [0, 0.1) is 5.21 Å². The van der Waals surface area contributed by atoms with E-state index < -0.39 is 0 Å². The second kappa shape index (κ2) is 4.18. The molecule has 0 atom stereocenters. The van der Waals surface area contributed by atoms with Crippen LogP contribution in [0.3, 0.4) is 0 Å². The second-order valence-corrected chi connectivity index (χ2v) is 4.07. The number of nitrogens with zero attached hydrogens (tertiary/aromatic N) is 1. The highest BCUT2D eigenvalue weighted by Crippen LogP contribution is 2.27. The summed E-state index contributed by atoms with van der Waals surface area (Å²) in [7, 11) is 0. The molecular formula is C14H11N2O2-. The molecule has 0 aliphatic rings. The van der Waals surface area contributed by atoms with Crippen molar-refractivity contribution in [1.82, 2.24) is 10.2 Å². The van der Waals surface area contributed by atoms with Crippen LogP contribution >= 0.6 is 0 Å². The number of benzene rings is 2. The van der Waals surface area contributed by atoms with Crippen LogP contribution in [-0.2, 0) is 0 Å². The molecule has 2 N–H and O–H groups in total. The number of aromatic nitrogens is 1. The number of hydroxylamine groups is 2. The molecule has 2 aromatic carbocycles. The van der Waals surface area contributed by atoms with Gasteiger partial charge in [0, 0.05) is 28.7 Å². The van der Waals surface area contributed by atoms with Gasteiger partial charge in [-0.1, -0.05) is 36.4 Å². The Kier molecular flexibility index (Phi) is 2.51. The molecule has 0 aliphatic carbocycles. The number of hydrogen-bond donors (Lipinski definition) is 2. The highest BCUT2D eigenvalue weighted by atomic mass is 16.8. The van der Waals surface area contributed by atoms with E-state index in [1.807, 2.05) is 36.5 Å². The fourth-order valence-corrected chi connectivity index (χ4v) is 2.18. The molecule has 0 saturated heterocycles. The Morgan fingerprint density at radius 2 is 1.94 bits per heavy atom. The number of aromatic amines is 1. The smallest absolute Gasteiger partial charge is 0.0539 e. The quantitative estimate of drug-likeness (QED) is 0.673. The maximum Gasteiger partial charge on any atom is 0.0539 e. The average molecular weight is 239 g/mol. The molecular weight excluding hydrogens is 228 g/mol. The number of nitrogens with one attached hydrogen (secondary N) is 1. The van der Waals surface area contributed by atoms with Crippen molar-refractivity contribution in [3.8, 4) is 0 Å². The number of H-pyrrole nitrogens is 1. The van der Waals surface area contributed by atoms with E-state index in [1.54, 1.807) is 6.08 Å². The van der Waals surface area contributed by atoms with Crippen LogP contribution in [0.4, 0.5) is 0 Å². The Hall–Kier alpha value is -2.30. The third-order valence-electron chi connectivity index (χ3n) is 2.99. The minimum atomic E-state index is -0.208. The first-order chi connectivity index (χ1) is 8.75. The molecule has 0 saturated carbocycles. The molecule has 4 nitrogen and oxygen atoms in total. The minimum Gasteiger partial charge on any atom is -0.734 e. The number of fused-ring (bicyclic) bond motifs is 3. The molecule has 0 radical (unpaired) electrons. The summed E-state index contributed by atoms with van der Waals surface area (Å²) < 4.78 is 0. The van der Waals surface area contributed by atoms with E-state index in [0.29, 0.717) is 0 Å². The molecule has 3 aromatic rings. The Bertz CT molecular complexity index is 729. The zero-order chi connectivity index (χ0) is 12.5. The molecule has 1 heterocycles. The van der Waals surface area contributed by atoms with Crippen LogP contribution in [-0.4, -0.2) is 15.4 Å². The predicted molar refractivity (Wildman–Crippen MR) is 71.8 cm³/mol. The largest absolute Gasteiger partial charge is 0.734 e. The number of hydrogen-bond acceptors (Lipinski definition) is 3. The van der Waals surface area contributed by atoms with Gasteiger partial charge >= 0.3 is 0 Å². The predicted octanol–water partition coefficient (Wildman–Crippen LogP) is 3.48. The van der Waals surface area contributed by atoms with E-state index >= 15 is 0 Å². The van der Waals surface area contributed by atoms with E-state index in [4.69, 9.17) is 5.21 Å². The van der Waals surface area contributed by atoms with Gasteiger partial charge in [-0.25, -0.2) is 0 Å². The lowest BCUT2D eigenvalue weighted by Gasteiger charge is -2.14. The summed E-state index contributed by atoms with van der Waals surface area (Å²) in [5.41, 5.74) is 1.90. The van der Waals surface area contributed by atoms with E-state index in [1.165, 1.54) is 0 Å². The van der Waals surface area contributed by atoms with Gasteiger partial charge in [0.1, 0.15) is 0 Å². The summed E-state index contributed by atoms with van der Waals surface area (Å²) in [6, 6.07) is 12.1. The fourth-order valence-electron chi connectivity index (χ4n) is 2.18. The highest BCUT2D eigenvalue weighted by molar-refractivity contribution is 6.08. The molecule has 90 valence electrons. The van der Waals surface area contributed by atoms with Crippen molar-refractivity contribution in [1.29, 1.82) is 0 Å². The van der Waals surface area contributed by atoms with Gasteiger partial charge in [-0.05, 0) is 11.5 Å². The average Bonchev–Trinajstić information content (AvgIpc) is 2.80. The summed E-state index contributed by atoms with van der Waals surface area (Å²) in [6.07, 6.45) is 4.45. The third kappa shape index (κ3) is 1.73. The fraction of sp³-hybridized carbons (Fsp3) is 0. The zero-order valence-corrected chi connectivity index (χ0v) is 9.50. The van der Waals surface area contributed by atoms with Gasteiger partial charge in [-0.3, -0.25) is 5.21 Å². The Morgan fingerprint density at radius 1 is 1.11 bits per heavy atom. The summed E-state index contributed by atoms with van der Waals surface area (Å²) in [5, 5.41) is 22.1. The van der Waals surface area contributed by atoms with Crippen LogP contribution < -0.4 is 0 Å². The summed E-state index contributed by atoms with van der Waals surface area (Å²) in [6.45, 7) is 0. The highest BCUT2D eigenvalue weighted by Gasteiger charge is 2.04. The standard InChI is InChI=1S/C14H11N2O2/c17-16(18)8-7-11-9-15-14-12-4-2-1-3-10(12)5-6-13(11)14/h1-9,15,17H/q-1/b8-7+. The maximum absolute atomic E-state index is 10.5. The van der Waals surface area contributed by atoms with Crippen molar-refractivity contribution in [2.75, 3.05) is 0 Å². The molecule has 18 heavy (non-hydrogen) atoms. The topological polar surface area (TPSA) is 62.3 Å². The van der Waals surface area contributed by atoms with Crippen molar-refractivity contribution >= 4 is 27.8 Å². The maximum atomic E-state index is 10.5. The third-order valence-corrected chi connectivity index (χ3v) is 2.99. The molecule has 1 aromatic heterocycles. The molecule has 4 heteroatoms. The molecule has 0 fully saturated rings. The van der Waals surface area contributed by atoms with Crippen molar-refractivity contribution in [2.24, 2.45) is 0 Å².